The first-order valence-corrected chi connectivity index (χ1v) is 9.07. The van der Waals surface area contributed by atoms with Crippen molar-refractivity contribution in [2.45, 2.75) is 17.7 Å². The number of nitrogens with two attached hydrogens (primary N) is 1. The fourth-order valence-electron chi connectivity index (χ4n) is 2.41. The molecule has 8 nitrogen and oxygen atoms in total. The summed E-state index contributed by atoms with van der Waals surface area (Å²) in [5, 5.41) is 2.41. The maximum absolute atomic E-state index is 12.6. The number of sulfonamides is 1. The van der Waals surface area contributed by atoms with Gasteiger partial charge >= 0.3 is 0 Å². The standard InChI is InChI=1S/C16H19N3O5S/c1-2-7-18-15(20)11-24-14-6-5-12(10-13(14)16(17)21)25(22,23)19-8-3-4-9-19/h1,5-6,10H,3-4,7-9,11H2,(H2,17,21)(H,18,20). The number of terminal acetylenes is 1. The molecule has 0 spiro atoms. The van der Waals surface area contributed by atoms with Gasteiger partial charge in [-0.15, -0.1) is 6.42 Å². The van der Waals surface area contributed by atoms with E-state index >= 15 is 0 Å². The molecule has 1 saturated heterocycles. The van der Waals surface area contributed by atoms with Gasteiger partial charge in [-0.2, -0.15) is 4.31 Å². The van der Waals surface area contributed by atoms with Crippen LogP contribution in [0.15, 0.2) is 23.1 Å². The van der Waals surface area contributed by atoms with Crippen LogP contribution in [-0.2, 0) is 14.8 Å². The van der Waals surface area contributed by atoms with Crippen molar-refractivity contribution in [1.29, 1.82) is 0 Å². The summed E-state index contributed by atoms with van der Waals surface area (Å²) in [5.41, 5.74) is 5.21. The highest BCUT2D eigenvalue weighted by molar-refractivity contribution is 7.89. The molecule has 0 unspecified atom stereocenters. The van der Waals surface area contributed by atoms with Crippen LogP contribution in [-0.4, -0.2) is 50.8 Å². The van der Waals surface area contributed by atoms with Crippen LogP contribution < -0.4 is 15.8 Å². The molecule has 0 bridgehead atoms. The smallest absolute Gasteiger partial charge is 0.258 e. The molecule has 1 aliphatic rings. The van der Waals surface area contributed by atoms with Crippen molar-refractivity contribution in [3.05, 3.63) is 23.8 Å². The van der Waals surface area contributed by atoms with Gasteiger partial charge in [-0.1, -0.05) is 5.92 Å². The van der Waals surface area contributed by atoms with Crippen LogP contribution in [0.3, 0.4) is 0 Å². The molecular formula is C16H19N3O5S. The molecule has 1 aromatic rings. The minimum Gasteiger partial charge on any atom is -0.483 e. The number of hydrogen-bond acceptors (Lipinski definition) is 5. The normalized spacial score (nSPS) is 14.7. The molecule has 25 heavy (non-hydrogen) atoms. The van der Waals surface area contributed by atoms with Gasteiger partial charge in [0.2, 0.25) is 10.0 Å². The SMILES string of the molecule is C#CCNC(=O)COc1ccc(S(=O)(=O)N2CCCC2)cc1C(N)=O. The largest absolute Gasteiger partial charge is 0.483 e. The van der Waals surface area contributed by atoms with Crippen LogP contribution in [0.1, 0.15) is 23.2 Å². The van der Waals surface area contributed by atoms with Crippen LogP contribution in [0, 0.1) is 12.3 Å². The Hall–Kier alpha value is -2.57. The van der Waals surface area contributed by atoms with Crippen LogP contribution in [0.2, 0.25) is 0 Å². The Labute approximate surface area is 146 Å². The predicted molar refractivity (Wildman–Crippen MR) is 90.3 cm³/mol. The third kappa shape index (κ3) is 4.49. The van der Waals surface area contributed by atoms with Crippen molar-refractivity contribution >= 4 is 21.8 Å². The summed E-state index contributed by atoms with van der Waals surface area (Å²) < 4.78 is 31.7. The van der Waals surface area contributed by atoms with Gasteiger partial charge in [0.1, 0.15) is 5.75 Å². The monoisotopic (exact) mass is 365 g/mol. The lowest BCUT2D eigenvalue weighted by Crippen LogP contribution is -2.30. The van der Waals surface area contributed by atoms with Crippen molar-refractivity contribution in [3.63, 3.8) is 0 Å². The summed E-state index contributed by atoms with van der Waals surface area (Å²) in [6.45, 7) is 0.571. The summed E-state index contributed by atoms with van der Waals surface area (Å²) in [4.78, 5) is 23.1. The highest BCUT2D eigenvalue weighted by Crippen LogP contribution is 2.26. The molecular weight excluding hydrogens is 346 g/mol. The molecule has 0 atom stereocenters. The Morgan fingerprint density at radius 3 is 2.60 bits per heavy atom. The van der Waals surface area contributed by atoms with E-state index in [1.807, 2.05) is 0 Å². The average molecular weight is 365 g/mol. The zero-order chi connectivity index (χ0) is 18.4. The molecule has 1 fully saturated rings. The third-order valence-corrected chi connectivity index (χ3v) is 5.56. The van der Waals surface area contributed by atoms with E-state index in [2.05, 4.69) is 11.2 Å². The fourth-order valence-corrected chi connectivity index (χ4v) is 3.95. The first kappa shape index (κ1) is 18.8. The first-order chi connectivity index (χ1) is 11.9. The van der Waals surface area contributed by atoms with Crippen molar-refractivity contribution in [3.8, 4) is 18.1 Å². The van der Waals surface area contributed by atoms with Gasteiger partial charge in [0.15, 0.2) is 6.61 Å². The quantitative estimate of drug-likeness (QED) is 0.643. The lowest BCUT2D eigenvalue weighted by atomic mass is 10.2. The van der Waals surface area contributed by atoms with E-state index < -0.39 is 21.8 Å². The third-order valence-electron chi connectivity index (χ3n) is 3.67. The van der Waals surface area contributed by atoms with Gasteiger partial charge in [-0.05, 0) is 31.0 Å². The maximum atomic E-state index is 12.6. The van der Waals surface area contributed by atoms with Gasteiger partial charge < -0.3 is 15.8 Å². The van der Waals surface area contributed by atoms with Crippen LogP contribution in [0.5, 0.6) is 5.75 Å². The fraction of sp³-hybridized carbons (Fsp3) is 0.375. The minimum atomic E-state index is -3.69. The lowest BCUT2D eigenvalue weighted by molar-refractivity contribution is -0.122. The van der Waals surface area contributed by atoms with E-state index in [9.17, 15) is 18.0 Å². The van der Waals surface area contributed by atoms with Gasteiger partial charge in [0.05, 0.1) is 17.0 Å². The molecule has 0 radical (unpaired) electrons. The molecule has 3 N–H and O–H groups in total. The number of amides is 2. The van der Waals surface area contributed by atoms with Crippen LogP contribution in [0.25, 0.3) is 0 Å². The molecule has 1 aliphatic heterocycles. The molecule has 0 aromatic heterocycles. The van der Waals surface area contributed by atoms with Crippen molar-refractivity contribution in [2.24, 2.45) is 5.73 Å². The average Bonchev–Trinajstić information content (AvgIpc) is 3.13. The summed E-state index contributed by atoms with van der Waals surface area (Å²) in [7, 11) is -3.69. The Morgan fingerprint density at radius 1 is 1.32 bits per heavy atom. The lowest BCUT2D eigenvalue weighted by Gasteiger charge is -2.17. The molecule has 2 amide bonds. The summed E-state index contributed by atoms with van der Waals surface area (Å²) in [5.74, 6) is 0.956. The number of ether oxygens (including phenoxy) is 1. The maximum Gasteiger partial charge on any atom is 0.258 e. The van der Waals surface area contributed by atoms with E-state index in [0.29, 0.717) is 13.1 Å². The van der Waals surface area contributed by atoms with E-state index in [-0.39, 0.29) is 29.4 Å². The molecule has 1 aromatic carbocycles. The Bertz CT molecular complexity index is 808. The Morgan fingerprint density at radius 2 is 2.00 bits per heavy atom. The molecule has 0 saturated carbocycles. The molecule has 2 rings (SSSR count). The summed E-state index contributed by atoms with van der Waals surface area (Å²) in [6.07, 6.45) is 6.63. The number of nitrogens with zero attached hydrogens (tertiary/aromatic N) is 1. The highest BCUT2D eigenvalue weighted by Gasteiger charge is 2.28. The van der Waals surface area contributed by atoms with Crippen LogP contribution >= 0.6 is 0 Å². The molecule has 1 heterocycles. The second kappa shape index (κ2) is 8.00. The number of rotatable bonds is 7. The van der Waals surface area contributed by atoms with Gasteiger partial charge in [-0.25, -0.2) is 8.42 Å². The van der Waals surface area contributed by atoms with Gasteiger partial charge in [-0.3, -0.25) is 9.59 Å². The van der Waals surface area contributed by atoms with Crippen LogP contribution in [0.4, 0.5) is 0 Å². The van der Waals surface area contributed by atoms with Gasteiger partial charge in [0, 0.05) is 13.1 Å². The van der Waals surface area contributed by atoms with E-state index in [4.69, 9.17) is 16.9 Å². The van der Waals surface area contributed by atoms with E-state index in [0.717, 1.165) is 12.8 Å². The number of nitrogens with one attached hydrogen (secondary N) is 1. The molecule has 0 aliphatic carbocycles. The first-order valence-electron chi connectivity index (χ1n) is 7.63. The number of carbonyl (C=O) groups excluding carboxylic acids is 2. The Balaban J connectivity index is 2.21. The summed E-state index contributed by atoms with van der Waals surface area (Å²) >= 11 is 0. The Kier molecular flexibility index (Phi) is 6.01. The number of carbonyl (C=O) groups is 2. The second-order valence-electron chi connectivity index (χ2n) is 5.40. The number of benzene rings is 1. The summed E-state index contributed by atoms with van der Waals surface area (Å²) in [6, 6.07) is 3.82. The van der Waals surface area contributed by atoms with E-state index in [1.54, 1.807) is 0 Å². The van der Waals surface area contributed by atoms with Crippen molar-refractivity contribution < 1.29 is 22.7 Å². The molecule has 134 valence electrons. The van der Waals surface area contributed by atoms with Gasteiger partial charge in [0.25, 0.3) is 11.8 Å². The zero-order valence-corrected chi connectivity index (χ0v) is 14.3. The van der Waals surface area contributed by atoms with Crippen molar-refractivity contribution in [1.82, 2.24) is 9.62 Å². The topological polar surface area (TPSA) is 119 Å². The molecule has 9 heteroatoms. The second-order valence-corrected chi connectivity index (χ2v) is 7.34. The highest BCUT2D eigenvalue weighted by atomic mass is 32.2. The number of hydrogen-bond donors (Lipinski definition) is 2. The van der Waals surface area contributed by atoms with Crippen molar-refractivity contribution in [2.75, 3.05) is 26.2 Å². The predicted octanol–water partition coefficient (Wildman–Crippen LogP) is -0.302. The minimum absolute atomic E-state index is 0.0312. The zero-order valence-electron chi connectivity index (χ0n) is 13.5. The number of primary amides is 1. The van der Waals surface area contributed by atoms with E-state index in [1.165, 1.54) is 22.5 Å².